The van der Waals surface area contributed by atoms with Crippen molar-refractivity contribution in [3.8, 4) is 17.1 Å². The molecule has 0 unspecified atom stereocenters. The van der Waals surface area contributed by atoms with E-state index in [0.29, 0.717) is 12.2 Å². The smallest absolute Gasteiger partial charge is 0.351 e. The summed E-state index contributed by atoms with van der Waals surface area (Å²) in [6.07, 6.45) is 1.50. The number of ether oxygens (including phenoxy) is 2. The predicted octanol–water partition coefficient (Wildman–Crippen LogP) is 2.59. The van der Waals surface area contributed by atoms with Crippen LogP contribution in [0.4, 0.5) is 0 Å². The molecule has 0 bridgehead atoms. The van der Waals surface area contributed by atoms with Crippen LogP contribution < -0.4 is 10.4 Å². The van der Waals surface area contributed by atoms with Crippen molar-refractivity contribution in [2.45, 2.75) is 19.8 Å². The second kappa shape index (κ2) is 5.67. The van der Waals surface area contributed by atoms with Gasteiger partial charge in [0.25, 0.3) is 0 Å². The lowest BCUT2D eigenvalue weighted by Gasteiger charge is -2.19. The van der Waals surface area contributed by atoms with Crippen LogP contribution in [-0.4, -0.2) is 19.7 Å². The molecule has 0 fully saturated rings. The Labute approximate surface area is 127 Å². The van der Waals surface area contributed by atoms with Gasteiger partial charge in [0.1, 0.15) is 17.1 Å². The average molecular weight is 300 g/mol. The molecule has 114 valence electrons. The molecule has 1 aromatic carbocycles. The Morgan fingerprint density at radius 1 is 1.23 bits per heavy atom. The minimum absolute atomic E-state index is 0.0439. The third-order valence-electron chi connectivity index (χ3n) is 3.74. The third-order valence-corrected chi connectivity index (χ3v) is 3.74. The lowest BCUT2D eigenvalue weighted by atomic mass is 9.89. The quantitative estimate of drug-likeness (QED) is 0.815. The molecule has 1 heterocycles. The number of rotatable bonds is 3. The Morgan fingerprint density at radius 3 is 2.73 bits per heavy atom. The van der Waals surface area contributed by atoms with E-state index in [9.17, 15) is 9.59 Å². The SMILES string of the molecule is CCOC(=O)c1cc2c(oc1=O)-c1ccc(OC)cc1CC2. The maximum Gasteiger partial charge on any atom is 0.351 e. The van der Waals surface area contributed by atoms with Crippen molar-refractivity contribution in [1.82, 2.24) is 0 Å². The van der Waals surface area contributed by atoms with Crippen molar-refractivity contribution in [3.05, 3.63) is 51.4 Å². The average Bonchev–Trinajstić information content (AvgIpc) is 2.53. The summed E-state index contributed by atoms with van der Waals surface area (Å²) >= 11 is 0. The highest BCUT2D eigenvalue weighted by Crippen LogP contribution is 2.35. The van der Waals surface area contributed by atoms with E-state index in [-0.39, 0.29) is 12.2 Å². The minimum atomic E-state index is -0.666. The number of esters is 1. The van der Waals surface area contributed by atoms with Crippen LogP contribution in [0.3, 0.4) is 0 Å². The van der Waals surface area contributed by atoms with Gasteiger partial charge in [-0.05, 0) is 55.2 Å². The van der Waals surface area contributed by atoms with Crippen molar-refractivity contribution in [2.75, 3.05) is 13.7 Å². The molecule has 22 heavy (non-hydrogen) atoms. The van der Waals surface area contributed by atoms with Crippen molar-refractivity contribution in [3.63, 3.8) is 0 Å². The number of aryl methyl sites for hydroxylation is 2. The van der Waals surface area contributed by atoms with E-state index >= 15 is 0 Å². The molecule has 0 aliphatic heterocycles. The van der Waals surface area contributed by atoms with Gasteiger partial charge in [0.15, 0.2) is 0 Å². The Bertz CT molecular complexity index is 788. The van der Waals surface area contributed by atoms with Crippen LogP contribution in [0.1, 0.15) is 28.4 Å². The fourth-order valence-corrected chi connectivity index (χ4v) is 2.67. The van der Waals surface area contributed by atoms with Gasteiger partial charge in [-0.3, -0.25) is 0 Å². The summed E-state index contributed by atoms with van der Waals surface area (Å²) in [6, 6.07) is 7.23. The summed E-state index contributed by atoms with van der Waals surface area (Å²) in [7, 11) is 1.62. The Morgan fingerprint density at radius 2 is 2.00 bits per heavy atom. The van der Waals surface area contributed by atoms with Gasteiger partial charge in [-0.25, -0.2) is 9.59 Å². The molecule has 1 aliphatic rings. The standard InChI is InChI=1S/C17H16O5/c1-3-21-16(18)14-9-11-5-4-10-8-12(20-2)6-7-13(10)15(11)22-17(14)19/h6-9H,3-5H2,1-2H3. The summed E-state index contributed by atoms with van der Waals surface area (Å²) < 4.78 is 15.5. The van der Waals surface area contributed by atoms with E-state index in [1.165, 1.54) is 0 Å². The third kappa shape index (κ3) is 2.39. The van der Waals surface area contributed by atoms with E-state index in [1.807, 2.05) is 18.2 Å². The van der Waals surface area contributed by atoms with Gasteiger partial charge < -0.3 is 13.9 Å². The molecule has 1 aromatic heterocycles. The van der Waals surface area contributed by atoms with E-state index in [2.05, 4.69) is 0 Å². The van der Waals surface area contributed by atoms with Gasteiger partial charge >= 0.3 is 11.6 Å². The van der Waals surface area contributed by atoms with Gasteiger partial charge in [-0.2, -0.15) is 0 Å². The number of carbonyl (C=O) groups is 1. The van der Waals surface area contributed by atoms with Crippen molar-refractivity contribution < 1.29 is 18.7 Å². The highest BCUT2D eigenvalue weighted by molar-refractivity contribution is 5.89. The Kier molecular flexibility index (Phi) is 3.71. The van der Waals surface area contributed by atoms with Crippen LogP contribution in [0.2, 0.25) is 0 Å². The molecule has 5 nitrogen and oxygen atoms in total. The van der Waals surface area contributed by atoms with Crippen LogP contribution in [0, 0.1) is 0 Å². The molecule has 0 N–H and O–H groups in total. The number of hydrogen-bond donors (Lipinski definition) is 0. The number of benzene rings is 1. The topological polar surface area (TPSA) is 65.7 Å². The zero-order valence-electron chi connectivity index (χ0n) is 12.5. The molecular formula is C17H16O5. The van der Waals surface area contributed by atoms with Crippen LogP contribution in [0.5, 0.6) is 5.75 Å². The Hall–Kier alpha value is -2.56. The van der Waals surface area contributed by atoms with E-state index in [1.54, 1.807) is 20.1 Å². The van der Waals surface area contributed by atoms with Crippen molar-refractivity contribution in [2.24, 2.45) is 0 Å². The monoisotopic (exact) mass is 300 g/mol. The molecule has 0 saturated heterocycles. The normalized spacial score (nSPS) is 12.3. The molecule has 3 rings (SSSR count). The summed E-state index contributed by atoms with van der Waals surface area (Å²) in [5.74, 6) is 0.661. The van der Waals surface area contributed by atoms with E-state index in [0.717, 1.165) is 28.9 Å². The number of fused-ring (bicyclic) bond motifs is 3. The maximum atomic E-state index is 12.0. The molecule has 5 heteroatoms. The molecule has 0 radical (unpaired) electrons. The Balaban J connectivity index is 2.09. The van der Waals surface area contributed by atoms with Crippen LogP contribution in [0.25, 0.3) is 11.3 Å². The van der Waals surface area contributed by atoms with Crippen LogP contribution in [-0.2, 0) is 17.6 Å². The van der Waals surface area contributed by atoms with Gasteiger partial charge in [0.05, 0.1) is 13.7 Å². The van der Waals surface area contributed by atoms with Crippen molar-refractivity contribution >= 4 is 5.97 Å². The lowest BCUT2D eigenvalue weighted by molar-refractivity contribution is 0.0521. The number of methoxy groups -OCH3 is 1. The molecule has 2 aromatic rings. The zero-order chi connectivity index (χ0) is 15.7. The van der Waals surface area contributed by atoms with Crippen molar-refractivity contribution in [1.29, 1.82) is 0 Å². The second-order valence-electron chi connectivity index (χ2n) is 5.05. The highest BCUT2D eigenvalue weighted by Gasteiger charge is 2.23. The van der Waals surface area contributed by atoms with Crippen LogP contribution in [0.15, 0.2) is 33.5 Å². The van der Waals surface area contributed by atoms with Gasteiger partial charge in [-0.1, -0.05) is 0 Å². The van der Waals surface area contributed by atoms with Gasteiger partial charge in [0, 0.05) is 5.56 Å². The fraction of sp³-hybridized carbons (Fsp3) is 0.294. The first-order chi connectivity index (χ1) is 10.6. The molecule has 0 atom stereocenters. The summed E-state index contributed by atoms with van der Waals surface area (Å²) in [5.41, 5.74) is 2.08. The largest absolute Gasteiger partial charge is 0.497 e. The summed E-state index contributed by atoms with van der Waals surface area (Å²) in [5, 5.41) is 0. The number of carbonyl (C=O) groups excluding carboxylic acids is 1. The fourth-order valence-electron chi connectivity index (χ4n) is 2.67. The highest BCUT2D eigenvalue weighted by atomic mass is 16.5. The van der Waals surface area contributed by atoms with E-state index in [4.69, 9.17) is 13.9 Å². The zero-order valence-corrected chi connectivity index (χ0v) is 12.5. The molecule has 1 aliphatic carbocycles. The predicted molar refractivity (Wildman–Crippen MR) is 80.3 cm³/mol. The molecule has 0 spiro atoms. The first-order valence-corrected chi connectivity index (χ1v) is 7.15. The second-order valence-corrected chi connectivity index (χ2v) is 5.05. The summed E-state index contributed by atoms with van der Waals surface area (Å²) in [6.45, 7) is 1.92. The molecule has 0 amide bonds. The van der Waals surface area contributed by atoms with E-state index < -0.39 is 11.6 Å². The number of hydrogen-bond acceptors (Lipinski definition) is 5. The van der Waals surface area contributed by atoms with Crippen LogP contribution >= 0.6 is 0 Å². The molecular weight excluding hydrogens is 284 g/mol. The minimum Gasteiger partial charge on any atom is -0.497 e. The lowest BCUT2D eigenvalue weighted by Crippen LogP contribution is -2.19. The first kappa shape index (κ1) is 14.4. The maximum absolute atomic E-state index is 12.0. The van der Waals surface area contributed by atoms with Gasteiger partial charge in [0.2, 0.25) is 0 Å². The molecule has 0 saturated carbocycles. The first-order valence-electron chi connectivity index (χ1n) is 7.15. The van der Waals surface area contributed by atoms with Gasteiger partial charge in [-0.15, -0.1) is 0 Å². The summed E-state index contributed by atoms with van der Waals surface area (Å²) in [4.78, 5) is 23.8.